The summed E-state index contributed by atoms with van der Waals surface area (Å²) in [6, 6.07) is 0.106. The Morgan fingerprint density at radius 1 is 0.865 bits per heavy atom. The Morgan fingerprint density at radius 3 is 1.81 bits per heavy atom. The first-order chi connectivity index (χ1) is 16.5. The Kier molecular flexibility index (Phi) is 7.58. The summed E-state index contributed by atoms with van der Waals surface area (Å²) in [5.41, 5.74) is -16.5. The lowest BCUT2D eigenvalue weighted by atomic mass is 9.90. The number of hydrogen-bond acceptors (Lipinski definition) is 3. The number of alkyl halides is 12. The van der Waals surface area contributed by atoms with Gasteiger partial charge < -0.3 is 5.32 Å². The van der Waals surface area contributed by atoms with Crippen molar-refractivity contribution in [2.24, 2.45) is 0 Å². The molecule has 0 saturated carbocycles. The van der Waals surface area contributed by atoms with Crippen molar-refractivity contribution in [3.63, 3.8) is 0 Å². The summed E-state index contributed by atoms with van der Waals surface area (Å²) in [6.07, 6.45) is -20.5. The summed E-state index contributed by atoms with van der Waals surface area (Å²) in [5.74, 6) is -10.2. The number of amides is 1. The molecule has 0 saturated heterocycles. The van der Waals surface area contributed by atoms with Crippen molar-refractivity contribution in [3.05, 3.63) is 67.4 Å². The number of nitrogens with zero attached hydrogens (tertiary/aromatic N) is 1. The number of halogens is 14. The smallest absolute Gasteiger partial charge is 0.320 e. The summed E-state index contributed by atoms with van der Waals surface area (Å²) >= 11 is 2.12. The largest absolute Gasteiger partial charge is 0.458 e. The molecule has 204 valence electrons. The Labute approximate surface area is 203 Å². The zero-order valence-corrected chi connectivity index (χ0v) is 18.4. The first-order valence-corrected chi connectivity index (χ1v) is 9.63. The molecule has 0 atom stereocenters. The molecule has 0 unspecified atom stereocenters. The van der Waals surface area contributed by atoms with E-state index in [1.807, 2.05) is 0 Å². The average Bonchev–Trinajstić information content (AvgIpc) is 2.71. The van der Waals surface area contributed by atoms with Crippen molar-refractivity contribution in [2.75, 3.05) is 5.32 Å². The Hall–Kier alpha value is -3.12. The van der Waals surface area contributed by atoms with Gasteiger partial charge in [-0.05, 0) is 34.1 Å². The molecule has 19 heteroatoms. The number of carbonyl (C=O) groups is 1. The highest BCUT2D eigenvalue weighted by Gasteiger charge is 2.74. The summed E-state index contributed by atoms with van der Waals surface area (Å²) in [5, 5.41) is 12.0. The lowest BCUT2D eigenvalue weighted by Crippen LogP contribution is -2.50. The van der Waals surface area contributed by atoms with E-state index in [4.69, 9.17) is 0 Å². The second-order valence-electron chi connectivity index (χ2n) is 6.96. The van der Waals surface area contributed by atoms with Gasteiger partial charge in [-0.25, -0.2) is 4.39 Å². The van der Waals surface area contributed by atoms with E-state index in [9.17, 15) is 72.0 Å². The SMILES string of the molecule is O=C(Nc1c(Br)cc(C(F)(C(F)(F)F)C(F)(F)F)cc1C(F)(F)C(F)(F)F)c1cccc([N+](=O)[O-])c1F. The van der Waals surface area contributed by atoms with E-state index in [0.29, 0.717) is 18.2 Å². The topological polar surface area (TPSA) is 72.2 Å². The van der Waals surface area contributed by atoms with Crippen LogP contribution in [-0.2, 0) is 11.6 Å². The molecular formula is C18H6BrF13N2O3. The molecule has 0 spiro atoms. The standard InChI is InChI=1S/C18H6BrF13N2O3/c19-9-5-6(14(21,16(24,25)26)17(27,28)29)4-8(15(22,23)18(30,31)32)12(9)33-13(35)7-2-1-3-10(11(7)20)34(36)37/h1-5H,(H,33,35). The zero-order valence-electron chi connectivity index (χ0n) is 16.9. The van der Waals surface area contributed by atoms with Crippen LogP contribution in [0.15, 0.2) is 34.8 Å². The van der Waals surface area contributed by atoms with E-state index in [-0.39, 0.29) is 0 Å². The second kappa shape index (κ2) is 9.32. The van der Waals surface area contributed by atoms with Gasteiger partial charge in [-0.3, -0.25) is 14.9 Å². The van der Waals surface area contributed by atoms with Crippen LogP contribution in [-0.4, -0.2) is 29.4 Å². The molecule has 2 rings (SSSR count). The molecule has 0 aliphatic carbocycles. The van der Waals surface area contributed by atoms with Crippen LogP contribution in [0, 0.1) is 15.9 Å². The predicted octanol–water partition coefficient (Wildman–Crippen LogP) is 7.69. The van der Waals surface area contributed by atoms with Crippen molar-refractivity contribution in [2.45, 2.75) is 30.1 Å². The molecule has 2 aromatic rings. The van der Waals surface area contributed by atoms with Gasteiger partial charge in [-0.2, -0.15) is 52.7 Å². The summed E-state index contributed by atoms with van der Waals surface area (Å²) in [6.45, 7) is 0. The molecule has 37 heavy (non-hydrogen) atoms. The van der Waals surface area contributed by atoms with Crippen LogP contribution in [0.1, 0.15) is 21.5 Å². The van der Waals surface area contributed by atoms with Crippen molar-refractivity contribution >= 4 is 33.2 Å². The molecule has 0 heterocycles. The van der Waals surface area contributed by atoms with E-state index in [1.54, 1.807) is 0 Å². The van der Waals surface area contributed by atoms with E-state index >= 15 is 0 Å². The molecule has 1 amide bonds. The monoisotopic (exact) mass is 624 g/mol. The van der Waals surface area contributed by atoms with E-state index in [0.717, 1.165) is 0 Å². The first-order valence-electron chi connectivity index (χ1n) is 8.84. The van der Waals surface area contributed by atoms with E-state index in [2.05, 4.69) is 15.9 Å². The van der Waals surface area contributed by atoms with Crippen LogP contribution in [0.5, 0.6) is 0 Å². The van der Waals surface area contributed by atoms with Crippen LogP contribution in [0.2, 0.25) is 0 Å². The fraction of sp³-hybridized carbons (Fsp3) is 0.278. The van der Waals surface area contributed by atoms with Crippen LogP contribution < -0.4 is 5.32 Å². The average molecular weight is 625 g/mol. The number of anilines is 1. The highest BCUT2D eigenvalue weighted by atomic mass is 79.9. The normalized spacial score (nSPS) is 13.5. The maximum absolute atomic E-state index is 14.4. The second-order valence-corrected chi connectivity index (χ2v) is 7.81. The highest BCUT2D eigenvalue weighted by Crippen LogP contribution is 2.56. The van der Waals surface area contributed by atoms with Gasteiger partial charge in [0.25, 0.3) is 5.91 Å². The van der Waals surface area contributed by atoms with Gasteiger partial charge in [0, 0.05) is 16.1 Å². The van der Waals surface area contributed by atoms with Crippen LogP contribution in [0.3, 0.4) is 0 Å². The number of benzene rings is 2. The minimum atomic E-state index is -6.91. The lowest BCUT2D eigenvalue weighted by molar-refractivity contribution is -0.387. The summed E-state index contributed by atoms with van der Waals surface area (Å²) < 4.78 is 173. The Bertz CT molecular complexity index is 1230. The molecule has 5 nitrogen and oxygen atoms in total. The molecule has 0 radical (unpaired) electrons. The molecule has 0 fully saturated rings. The van der Waals surface area contributed by atoms with E-state index in [1.165, 1.54) is 5.32 Å². The predicted molar refractivity (Wildman–Crippen MR) is 100.0 cm³/mol. The minimum Gasteiger partial charge on any atom is -0.320 e. The van der Waals surface area contributed by atoms with Gasteiger partial charge in [0.1, 0.15) is 0 Å². The van der Waals surface area contributed by atoms with Gasteiger partial charge in [-0.1, -0.05) is 6.07 Å². The van der Waals surface area contributed by atoms with Crippen molar-refractivity contribution in [1.82, 2.24) is 0 Å². The van der Waals surface area contributed by atoms with Crippen LogP contribution >= 0.6 is 15.9 Å². The molecule has 0 aromatic heterocycles. The minimum absolute atomic E-state index is 0.476. The Balaban J connectivity index is 2.86. The van der Waals surface area contributed by atoms with Crippen LogP contribution in [0.4, 0.5) is 68.5 Å². The van der Waals surface area contributed by atoms with Crippen LogP contribution in [0.25, 0.3) is 0 Å². The maximum Gasteiger partial charge on any atom is 0.458 e. The number of carbonyl (C=O) groups excluding carboxylic acids is 1. The summed E-state index contributed by atoms with van der Waals surface area (Å²) in [4.78, 5) is 21.8. The molecule has 2 aromatic carbocycles. The molecular weight excluding hydrogens is 619 g/mol. The molecule has 1 N–H and O–H groups in total. The maximum atomic E-state index is 14.4. The van der Waals surface area contributed by atoms with Gasteiger partial charge in [0.15, 0.2) is 0 Å². The zero-order chi connectivity index (χ0) is 28.9. The van der Waals surface area contributed by atoms with E-state index < -0.39 is 91.4 Å². The van der Waals surface area contributed by atoms with Gasteiger partial charge >= 0.3 is 35.8 Å². The van der Waals surface area contributed by atoms with Crippen molar-refractivity contribution < 1.29 is 66.8 Å². The fourth-order valence-corrected chi connectivity index (χ4v) is 3.40. The summed E-state index contributed by atoms with van der Waals surface area (Å²) in [7, 11) is 0. The molecule has 0 aliphatic rings. The first kappa shape index (κ1) is 30.1. The van der Waals surface area contributed by atoms with Gasteiger partial charge in [0.05, 0.1) is 21.7 Å². The number of nitrogens with one attached hydrogen (secondary N) is 1. The number of nitro benzene ring substituents is 1. The third-order valence-electron chi connectivity index (χ3n) is 4.62. The number of hydrogen-bond donors (Lipinski definition) is 1. The third-order valence-corrected chi connectivity index (χ3v) is 5.25. The molecule has 0 bridgehead atoms. The quantitative estimate of drug-likeness (QED) is 0.211. The lowest BCUT2D eigenvalue weighted by Gasteiger charge is -2.32. The van der Waals surface area contributed by atoms with Gasteiger partial charge in [0.2, 0.25) is 5.82 Å². The number of nitro groups is 1. The highest BCUT2D eigenvalue weighted by molar-refractivity contribution is 9.10. The van der Waals surface area contributed by atoms with Gasteiger partial charge in [-0.15, -0.1) is 0 Å². The van der Waals surface area contributed by atoms with Crippen molar-refractivity contribution in [3.8, 4) is 0 Å². The molecule has 0 aliphatic heterocycles. The fourth-order valence-electron chi connectivity index (χ4n) is 2.84. The Morgan fingerprint density at radius 2 is 1.38 bits per heavy atom. The number of rotatable bonds is 5. The third kappa shape index (κ3) is 5.17. The van der Waals surface area contributed by atoms with Crippen molar-refractivity contribution in [1.29, 1.82) is 0 Å².